The maximum absolute atomic E-state index is 13.0. The van der Waals surface area contributed by atoms with Crippen LogP contribution >= 0.6 is 0 Å². The van der Waals surface area contributed by atoms with E-state index in [2.05, 4.69) is 22.8 Å². The monoisotopic (exact) mass is 435 g/mol. The van der Waals surface area contributed by atoms with E-state index >= 15 is 0 Å². The molecule has 1 fully saturated rings. The molecule has 1 aliphatic rings. The molecule has 1 saturated heterocycles. The van der Waals surface area contributed by atoms with Crippen LogP contribution in [0.25, 0.3) is 0 Å². The molecule has 1 heterocycles. The van der Waals surface area contributed by atoms with Crippen LogP contribution in [0.5, 0.6) is 0 Å². The molecule has 1 unspecified atom stereocenters. The Labute approximate surface area is 190 Å². The molecule has 6 heteroatoms. The summed E-state index contributed by atoms with van der Waals surface area (Å²) in [5.74, 6) is -0.492. The number of rotatable bonds is 8. The van der Waals surface area contributed by atoms with Crippen molar-refractivity contribution in [3.05, 3.63) is 65.7 Å². The second-order valence-electron chi connectivity index (χ2n) is 8.70. The second kappa shape index (κ2) is 11.5. The maximum atomic E-state index is 13.0. The molecule has 2 aromatic rings. The van der Waals surface area contributed by atoms with Gasteiger partial charge in [-0.1, -0.05) is 50.2 Å². The van der Waals surface area contributed by atoms with Crippen molar-refractivity contribution < 1.29 is 14.4 Å². The molecule has 0 saturated carbocycles. The Kier molecular flexibility index (Phi) is 8.42. The van der Waals surface area contributed by atoms with Crippen LogP contribution in [0, 0.1) is 11.8 Å². The molecule has 2 N–H and O–H groups in total. The highest BCUT2D eigenvalue weighted by molar-refractivity contribution is 5.97. The molecule has 6 nitrogen and oxygen atoms in total. The van der Waals surface area contributed by atoms with Gasteiger partial charge in [-0.25, -0.2) is 0 Å². The molecule has 2 aromatic carbocycles. The Morgan fingerprint density at radius 2 is 1.84 bits per heavy atom. The number of piperidine rings is 1. The molecule has 0 bridgehead atoms. The van der Waals surface area contributed by atoms with Crippen LogP contribution in [0.1, 0.15) is 49.0 Å². The molecular formula is C26H33N3O3. The van der Waals surface area contributed by atoms with Crippen molar-refractivity contribution in [2.24, 2.45) is 11.8 Å². The number of nitrogens with zero attached hydrogens (tertiary/aromatic N) is 1. The largest absolute Gasteiger partial charge is 0.356 e. The number of aryl methyl sites for hydroxylation is 1. The Balaban J connectivity index is 1.50. The number of carbonyl (C=O) groups is 3. The van der Waals surface area contributed by atoms with Gasteiger partial charge in [-0.2, -0.15) is 0 Å². The van der Waals surface area contributed by atoms with E-state index in [0.717, 1.165) is 25.7 Å². The normalized spacial score (nSPS) is 16.0. The van der Waals surface area contributed by atoms with Crippen molar-refractivity contribution in [1.82, 2.24) is 10.2 Å². The second-order valence-corrected chi connectivity index (χ2v) is 8.70. The van der Waals surface area contributed by atoms with Gasteiger partial charge in [0.15, 0.2) is 0 Å². The summed E-state index contributed by atoms with van der Waals surface area (Å²) in [6.07, 6.45) is 3.41. The lowest BCUT2D eigenvalue weighted by Crippen LogP contribution is -2.45. The van der Waals surface area contributed by atoms with Crippen LogP contribution in [-0.2, 0) is 16.0 Å². The van der Waals surface area contributed by atoms with Crippen LogP contribution in [0.4, 0.5) is 5.69 Å². The van der Waals surface area contributed by atoms with Crippen molar-refractivity contribution in [2.75, 3.05) is 25.0 Å². The van der Waals surface area contributed by atoms with Crippen molar-refractivity contribution in [2.45, 2.75) is 39.5 Å². The van der Waals surface area contributed by atoms with Crippen LogP contribution in [0.2, 0.25) is 0 Å². The highest BCUT2D eigenvalue weighted by atomic mass is 16.2. The molecule has 0 spiro atoms. The van der Waals surface area contributed by atoms with E-state index in [1.54, 1.807) is 29.2 Å². The van der Waals surface area contributed by atoms with Crippen LogP contribution in [0.15, 0.2) is 54.6 Å². The molecule has 170 valence electrons. The predicted molar refractivity (Wildman–Crippen MR) is 126 cm³/mol. The highest BCUT2D eigenvalue weighted by Crippen LogP contribution is 2.20. The topological polar surface area (TPSA) is 78.5 Å². The summed E-state index contributed by atoms with van der Waals surface area (Å²) in [7, 11) is 0. The van der Waals surface area contributed by atoms with Crippen molar-refractivity contribution >= 4 is 23.4 Å². The van der Waals surface area contributed by atoms with Crippen LogP contribution in [-0.4, -0.2) is 42.3 Å². The minimum absolute atomic E-state index is 0.0218. The van der Waals surface area contributed by atoms with Gasteiger partial charge in [-0.15, -0.1) is 0 Å². The number of hydrogen-bond donors (Lipinski definition) is 2. The minimum Gasteiger partial charge on any atom is -0.356 e. The Morgan fingerprint density at radius 3 is 2.59 bits per heavy atom. The Hall–Kier alpha value is -3.15. The van der Waals surface area contributed by atoms with Crippen molar-refractivity contribution in [3.63, 3.8) is 0 Å². The van der Waals surface area contributed by atoms with E-state index in [0.29, 0.717) is 30.9 Å². The van der Waals surface area contributed by atoms with Gasteiger partial charge >= 0.3 is 0 Å². The number of amides is 3. The van der Waals surface area contributed by atoms with Crippen LogP contribution in [0.3, 0.4) is 0 Å². The zero-order valence-corrected chi connectivity index (χ0v) is 19.0. The number of likely N-dealkylation sites (tertiary alicyclic amines) is 1. The smallest absolute Gasteiger partial charge is 0.253 e. The Morgan fingerprint density at radius 1 is 1.06 bits per heavy atom. The van der Waals surface area contributed by atoms with Gasteiger partial charge in [-0.3, -0.25) is 14.4 Å². The maximum Gasteiger partial charge on any atom is 0.253 e. The number of benzene rings is 2. The SMILES string of the molecule is CC(C)C(=O)Nc1cccc(C(=O)N2CCCC(C(=O)NCCCc3ccccc3)C2)c1. The standard InChI is InChI=1S/C26H33N3O3/c1-19(2)24(30)28-23-14-6-12-21(17-23)26(32)29-16-8-13-22(18-29)25(31)27-15-7-11-20-9-4-3-5-10-20/h3-6,9-10,12,14,17,19,22H,7-8,11,13,15-16,18H2,1-2H3,(H,27,31)(H,28,30). The van der Waals surface area contributed by atoms with E-state index in [1.165, 1.54) is 5.56 Å². The van der Waals surface area contributed by atoms with Gasteiger partial charge in [-0.05, 0) is 49.4 Å². The third kappa shape index (κ3) is 6.67. The first-order valence-electron chi connectivity index (χ1n) is 11.5. The summed E-state index contributed by atoms with van der Waals surface area (Å²) in [6, 6.07) is 17.2. The van der Waals surface area contributed by atoms with Crippen LogP contribution < -0.4 is 10.6 Å². The van der Waals surface area contributed by atoms with E-state index in [-0.39, 0.29) is 29.6 Å². The first-order valence-corrected chi connectivity index (χ1v) is 11.5. The molecule has 0 aliphatic carbocycles. The summed E-state index contributed by atoms with van der Waals surface area (Å²) in [6.45, 7) is 5.34. The molecule has 0 aromatic heterocycles. The Bertz CT molecular complexity index is 927. The molecular weight excluding hydrogens is 402 g/mol. The quantitative estimate of drug-likeness (QED) is 0.618. The van der Waals surface area contributed by atoms with E-state index in [1.807, 2.05) is 32.0 Å². The molecule has 3 amide bonds. The fraction of sp³-hybridized carbons (Fsp3) is 0.423. The summed E-state index contributed by atoms with van der Waals surface area (Å²) in [4.78, 5) is 39.4. The average Bonchev–Trinajstić information content (AvgIpc) is 2.82. The van der Waals surface area contributed by atoms with E-state index < -0.39 is 0 Å². The van der Waals surface area contributed by atoms with Gasteiger partial charge in [0, 0.05) is 36.8 Å². The third-order valence-corrected chi connectivity index (χ3v) is 5.77. The fourth-order valence-corrected chi connectivity index (χ4v) is 3.87. The molecule has 3 rings (SSSR count). The number of hydrogen-bond acceptors (Lipinski definition) is 3. The predicted octanol–water partition coefficient (Wildman–Crippen LogP) is 3.88. The van der Waals surface area contributed by atoms with Gasteiger partial charge in [0.05, 0.1) is 5.92 Å². The minimum atomic E-state index is -0.187. The molecule has 0 radical (unpaired) electrons. The highest BCUT2D eigenvalue weighted by Gasteiger charge is 2.28. The lowest BCUT2D eigenvalue weighted by molar-refractivity contribution is -0.126. The van der Waals surface area contributed by atoms with Gasteiger partial charge in [0.2, 0.25) is 11.8 Å². The number of nitrogens with one attached hydrogen (secondary N) is 2. The molecule has 1 atom stereocenters. The zero-order chi connectivity index (χ0) is 22.9. The molecule has 1 aliphatic heterocycles. The lowest BCUT2D eigenvalue weighted by Gasteiger charge is -2.32. The van der Waals surface area contributed by atoms with Gasteiger partial charge < -0.3 is 15.5 Å². The lowest BCUT2D eigenvalue weighted by atomic mass is 9.96. The summed E-state index contributed by atoms with van der Waals surface area (Å²) >= 11 is 0. The summed E-state index contributed by atoms with van der Waals surface area (Å²) < 4.78 is 0. The van der Waals surface area contributed by atoms with E-state index in [9.17, 15) is 14.4 Å². The zero-order valence-electron chi connectivity index (χ0n) is 19.0. The third-order valence-electron chi connectivity index (χ3n) is 5.77. The van der Waals surface area contributed by atoms with Gasteiger partial charge in [0.25, 0.3) is 5.91 Å². The summed E-state index contributed by atoms with van der Waals surface area (Å²) in [5, 5.41) is 5.87. The molecule has 32 heavy (non-hydrogen) atoms. The van der Waals surface area contributed by atoms with E-state index in [4.69, 9.17) is 0 Å². The summed E-state index contributed by atoms with van der Waals surface area (Å²) in [5.41, 5.74) is 2.40. The average molecular weight is 436 g/mol. The first-order chi connectivity index (χ1) is 15.4. The van der Waals surface area contributed by atoms with Crippen molar-refractivity contribution in [3.8, 4) is 0 Å². The first kappa shape index (κ1) is 23.5. The van der Waals surface area contributed by atoms with Crippen molar-refractivity contribution in [1.29, 1.82) is 0 Å². The number of anilines is 1. The fourth-order valence-electron chi connectivity index (χ4n) is 3.87. The number of carbonyl (C=O) groups excluding carboxylic acids is 3. The van der Waals surface area contributed by atoms with Gasteiger partial charge in [0.1, 0.15) is 0 Å².